The molecule has 2 saturated heterocycles. The molecule has 2 aliphatic heterocycles. The fourth-order valence-corrected chi connectivity index (χ4v) is 4.72. The molecule has 2 fully saturated rings. The van der Waals surface area contributed by atoms with E-state index in [0.717, 1.165) is 18.2 Å². The summed E-state index contributed by atoms with van der Waals surface area (Å²) in [5.74, 6) is -4.30. The zero-order valence-corrected chi connectivity index (χ0v) is 22.1. The Labute approximate surface area is 244 Å². The molecular formula is C27H26O17. The second kappa shape index (κ2) is 12.0. The molecule has 17 heteroatoms. The van der Waals surface area contributed by atoms with Crippen molar-refractivity contribution in [1.29, 1.82) is 0 Å². The number of hydrogen-bond acceptors (Lipinski definition) is 15. The summed E-state index contributed by atoms with van der Waals surface area (Å²) in [6.07, 6.45) is -20.1. The molecule has 17 nitrogen and oxygen atoms in total. The van der Waals surface area contributed by atoms with E-state index in [0.29, 0.717) is 5.56 Å². The fraction of sp³-hybridized carbons (Fsp3) is 0.370. The topological polar surface area (TPSA) is 283 Å². The minimum atomic E-state index is -2.05. The van der Waals surface area contributed by atoms with Crippen LogP contribution in [0.1, 0.15) is 0 Å². The minimum Gasteiger partial charge on any atom is -0.508 e. The Bertz CT molecular complexity index is 1600. The molecule has 236 valence electrons. The van der Waals surface area contributed by atoms with Gasteiger partial charge in [-0.15, -0.1) is 0 Å². The van der Waals surface area contributed by atoms with Gasteiger partial charge in [0.25, 0.3) is 0 Å². The van der Waals surface area contributed by atoms with E-state index in [1.807, 2.05) is 0 Å². The van der Waals surface area contributed by atoms with Gasteiger partial charge in [-0.1, -0.05) is 0 Å². The number of phenolic OH excluding ortho intramolecular Hbond substituents is 1. The molecule has 5 rings (SSSR count). The molecule has 44 heavy (non-hydrogen) atoms. The largest absolute Gasteiger partial charge is 0.508 e. The van der Waals surface area contributed by atoms with Crippen LogP contribution in [0.4, 0.5) is 0 Å². The summed E-state index contributed by atoms with van der Waals surface area (Å²) in [6, 6.07) is 8.67. The van der Waals surface area contributed by atoms with Gasteiger partial charge in [0.05, 0.1) is 0 Å². The van der Waals surface area contributed by atoms with Crippen LogP contribution in [-0.4, -0.2) is 119 Å². The van der Waals surface area contributed by atoms with E-state index in [2.05, 4.69) is 0 Å². The Morgan fingerprint density at radius 1 is 0.682 bits per heavy atom. The van der Waals surface area contributed by atoms with Crippen molar-refractivity contribution in [3.8, 4) is 28.6 Å². The summed E-state index contributed by atoms with van der Waals surface area (Å²) in [5.41, 5.74) is -0.667. The van der Waals surface area contributed by atoms with Gasteiger partial charge in [-0.05, 0) is 24.3 Å². The number of fused-ring (bicyclic) bond motifs is 1. The molecule has 2 aliphatic rings. The Balaban J connectivity index is 1.59. The zero-order chi connectivity index (χ0) is 32.0. The van der Waals surface area contributed by atoms with E-state index in [9.17, 15) is 60.3 Å². The molecule has 0 saturated carbocycles. The van der Waals surface area contributed by atoms with Crippen molar-refractivity contribution in [3.05, 3.63) is 52.7 Å². The van der Waals surface area contributed by atoms with Crippen LogP contribution in [-0.2, 0) is 19.1 Å². The van der Waals surface area contributed by atoms with Gasteiger partial charge in [-0.25, -0.2) is 9.59 Å². The van der Waals surface area contributed by atoms with E-state index in [1.54, 1.807) is 0 Å². The maximum atomic E-state index is 13.3. The lowest BCUT2D eigenvalue weighted by molar-refractivity contribution is -0.272. The highest BCUT2D eigenvalue weighted by Gasteiger charge is 2.49. The minimum absolute atomic E-state index is 0.0116. The van der Waals surface area contributed by atoms with Crippen molar-refractivity contribution in [2.24, 2.45) is 0 Å². The third kappa shape index (κ3) is 5.77. The molecule has 3 heterocycles. The van der Waals surface area contributed by atoms with Crippen LogP contribution in [0.3, 0.4) is 0 Å². The molecule has 0 spiro atoms. The lowest BCUT2D eigenvalue weighted by atomic mass is 9.99. The zero-order valence-electron chi connectivity index (χ0n) is 22.1. The molecule has 2 aromatic carbocycles. The lowest BCUT2D eigenvalue weighted by Gasteiger charge is -2.39. The van der Waals surface area contributed by atoms with Gasteiger partial charge in [0.2, 0.25) is 12.6 Å². The number of phenols is 1. The molecule has 0 bridgehead atoms. The molecule has 0 aliphatic carbocycles. The highest BCUT2D eigenvalue weighted by atomic mass is 16.7. The third-order valence-corrected chi connectivity index (χ3v) is 7.04. The highest BCUT2D eigenvalue weighted by Crippen LogP contribution is 2.36. The Morgan fingerprint density at radius 3 is 1.73 bits per heavy atom. The number of aliphatic carboxylic acids is 2. The van der Waals surface area contributed by atoms with E-state index in [-0.39, 0.29) is 28.2 Å². The van der Waals surface area contributed by atoms with E-state index in [4.69, 9.17) is 23.4 Å². The van der Waals surface area contributed by atoms with Crippen LogP contribution in [0.5, 0.6) is 17.2 Å². The first-order chi connectivity index (χ1) is 20.8. The third-order valence-electron chi connectivity index (χ3n) is 7.04. The van der Waals surface area contributed by atoms with Crippen molar-refractivity contribution in [1.82, 2.24) is 0 Å². The number of rotatable bonds is 7. The summed E-state index contributed by atoms with van der Waals surface area (Å²) in [7, 11) is 0. The average Bonchev–Trinajstić information content (AvgIpc) is 2.97. The van der Waals surface area contributed by atoms with Gasteiger partial charge in [-0.3, -0.25) is 4.79 Å². The number of ether oxygens (including phenoxy) is 4. The van der Waals surface area contributed by atoms with E-state index < -0.39 is 84.5 Å². The summed E-state index contributed by atoms with van der Waals surface area (Å²) < 4.78 is 27.3. The van der Waals surface area contributed by atoms with Crippen LogP contribution in [0, 0.1) is 0 Å². The monoisotopic (exact) mass is 622 g/mol. The van der Waals surface area contributed by atoms with Crippen LogP contribution < -0.4 is 14.9 Å². The second-order valence-corrected chi connectivity index (χ2v) is 10.0. The predicted octanol–water partition coefficient (Wildman–Crippen LogP) is -2.29. The van der Waals surface area contributed by atoms with Gasteiger partial charge in [0.15, 0.2) is 17.6 Å². The van der Waals surface area contributed by atoms with Crippen LogP contribution in [0.2, 0.25) is 0 Å². The maximum Gasteiger partial charge on any atom is 0.335 e. The lowest BCUT2D eigenvalue weighted by Crippen LogP contribution is -2.61. The molecule has 10 unspecified atom stereocenters. The number of hydrogen-bond donors (Lipinski definition) is 9. The van der Waals surface area contributed by atoms with Gasteiger partial charge < -0.3 is 69.3 Å². The number of carboxylic acid groups (broad SMARTS) is 2. The second-order valence-electron chi connectivity index (χ2n) is 10.0. The highest BCUT2D eigenvalue weighted by molar-refractivity contribution is 5.86. The Morgan fingerprint density at radius 2 is 1.20 bits per heavy atom. The number of aliphatic hydroxyl groups is 6. The van der Waals surface area contributed by atoms with Gasteiger partial charge in [0, 0.05) is 23.8 Å². The van der Waals surface area contributed by atoms with Gasteiger partial charge >= 0.3 is 11.9 Å². The molecule has 3 aromatic rings. The summed E-state index contributed by atoms with van der Waals surface area (Å²) in [4.78, 5) is 36.4. The molecule has 9 N–H and O–H groups in total. The maximum absolute atomic E-state index is 13.3. The molecular weight excluding hydrogens is 596 g/mol. The molecule has 10 atom stereocenters. The standard InChI is InChI=1S/C27H26O17/c28-9-3-1-8(2-4-9)12-7-11(29)15-13(41-12)5-10(40-26-20(34)16(30)18(32)22(43-26)24(36)37)6-14(15)42-27-21(35)17(31)19(33)23(44-27)25(38)39/h1-7,16-23,26-28,30-35H,(H,36,37)(H,38,39). The first-order valence-corrected chi connectivity index (χ1v) is 12.9. The first kappa shape index (κ1) is 31.1. The summed E-state index contributed by atoms with van der Waals surface area (Å²) in [5, 5.41) is 89.2. The van der Waals surface area contributed by atoms with Crippen LogP contribution in [0.25, 0.3) is 22.3 Å². The van der Waals surface area contributed by atoms with Crippen molar-refractivity contribution < 1.29 is 78.9 Å². The molecule has 1 aromatic heterocycles. The van der Waals surface area contributed by atoms with E-state index >= 15 is 0 Å². The van der Waals surface area contributed by atoms with Crippen molar-refractivity contribution >= 4 is 22.9 Å². The van der Waals surface area contributed by atoms with Gasteiger partial charge in [0.1, 0.15) is 70.6 Å². The number of aromatic hydroxyl groups is 1. The molecule has 0 radical (unpaired) electrons. The molecule has 0 amide bonds. The number of carboxylic acids is 2. The van der Waals surface area contributed by atoms with Gasteiger partial charge in [-0.2, -0.15) is 0 Å². The Kier molecular flexibility index (Phi) is 8.47. The number of carbonyl (C=O) groups is 2. The van der Waals surface area contributed by atoms with Crippen molar-refractivity contribution in [3.63, 3.8) is 0 Å². The first-order valence-electron chi connectivity index (χ1n) is 12.9. The van der Waals surface area contributed by atoms with E-state index in [1.165, 1.54) is 24.3 Å². The number of benzene rings is 2. The quantitative estimate of drug-likeness (QED) is 0.134. The predicted molar refractivity (Wildman–Crippen MR) is 139 cm³/mol. The average molecular weight is 622 g/mol. The summed E-state index contributed by atoms with van der Waals surface area (Å²) >= 11 is 0. The summed E-state index contributed by atoms with van der Waals surface area (Å²) in [6.45, 7) is 0. The SMILES string of the molecule is O=C(O)C1OC(Oc2cc(OC3OC(C(=O)O)C(O)C(O)C3O)c3c(=O)cc(-c4ccc(O)cc4)oc3c2)C(O)C(O)C1O. The van der Waals surface area contributed by atoms with Crippen molar-refractivity contribution in [2.45, 2.75) is 61.4 Å². The fourth-order valence-electron chi connectivity index (χ4n) is 4.72. The van der Waals surface area contributed by atoms with Crippen LogP contribution >= 0.6 is 0 Å². The number of aliphatic hydroxyl groups excluding tert-OH is 6. The Hall–Kier alpha value is -4.33. The van der Waals surface area contributed by atoms with Crippen LogP contribution in [0.15, 0.2) is 51.7 Å². The normalized spacial score (nSPS) is 32.2. The smallest absolute Gasteiger partial charge is 0.335 e. The van der Waals surface area contributed by atoms with Crippen molar-refractivity contribution in [2.75, 3.05) is 0 Å².